The third-order valence-electron chi connectivity index (χ3n) is 4.44. The Kier molecular flexibility index (Phi) is 5.97. The van der Waals surface area contributed by atoms with Gasteiger partial charge in [0.15, 0.2) is 12.4 Å². The van der Waals surface area contributed by atoms with Crippen molar-refractivity contribution in [3.05, 3.63) is 59.7 Å². The predicted molar refractivity (Wildman–Crippen MR) is 100 cm³/mol. The van der Waals surface area contributed by atoms with Gasteiger partial charge < -0.3 is 10.1 Å². The van der Waals surface area contributed by atoms with Crippen LogP contribution >= 0.6 is 0 Å². The third kappa shape index (κ3) is 5.18. The molecular weight excluding hydrogens is 314 g/mol. The Morgan fingerprint density at radius 3 is 2.36 bits per heavy atom. The summed E-state index contributed by atoms with van der Waals surface area (Å²) >= 11 is 0. The number of rotatable bonds is 7. The van der Waals surface area contributed by atoms with Gasteiger partial charge in [0.25, 0.3) is 5.91 Å². The number of carbonyl (C=O) groups excluding carboxylic acids is 2. The lowest BCUT2D eigenvalue weighted by Crippen LogP contribution is -2.20. The lowest BCUT2D eigenvalue weighted by atomic mass is 9.82. The smallest absolute Gasteiger partial charge is 0.262 e. The molecule has 1 amide bonds. The number of Topliss-reactive ketones (excluding diaryl/α,β-unsaturated/α-hetero) is 1. The van der Waals surface area contributed by atoms with Crippen LogP contribution in [0.5, 0.6) is 5.75 Å². The highest BCUT2D eigenvalue weighted by atomic mass is 16.5. The fraction of sp³-hybridized carbons (Fsp3) is 0.333. The highest BCUT2D eigenvalue weighted by Gasteiger charge is 2.17. The van der Waals surface area contributed by atoms with Crippen molar-refractivity contribution in [3.8, 4) is 5.75 Å². The summed E-state index contributed by atoms with van der Waals surface area (Å²) in [4.78, 5) is 23.4. The van der Waals surface area contributed by atoms with E-state index in [0.717, 1.165) is 6.42 Å². The largest absolute Gasteiger partial charge is 0.484 e. The molecule has 0 aromatic heterocycles. The first-order valence-corrected chi connectivity index (χ1v) is 8.46. The summed E-state index contributed by atoms with van der Waals surface area (Å²) in [6, 6.07) is 14.7. The van der Waals surface area contributed by atoms with Gasteiger partial charge in [-0.3, -0.25) is 9.59 Å². The van der Waals surface area contributed by atoms with E-state index in [0.29, 0.717) is 17.0 Å². The highest BCUT2D eigenvalue weighted by Crippen LogP contribution is 2.28. The highest BCUT2D eigenvalue weighted by molar-refractivity contribution is 5.97. The van der Waals surface area contributed by atoms with Crippen LogP contribution in [0.25, 0.3) is 0 Å². The Morgan fingerprint density at radius 2 is 1.76 bits per heavy atom. The molecule has 0 aliphatic rings. The molecule has 0 saturated carbocycles. The van der Waals surface area contributed by atoms with Crippen molar-refractivity contribution in [2.24, 2.45) is 0 Å². The second kappa shape index (κ2) is 7.97. The first kappa shape index (κ1) is 18.7. The van der Waals surface area contributed by atoms with Crippen molar-refractivity contribution in [1.82, 2.24) is 0 Å². The summed E-state index contributed by atoms with van der Waals surface area (Å²) in [5.41, 5.74) is 2.51. The van der Waals surface area contributed by atoms with E-state index in [-0.39, 0.29) is 23.7 Å². The Bertz CT molecular complexity index is 748. The molecule has 0 radical (unpaired) electrons. The fourth-order valence-electron chi connectivity index (χ4n) is 2.37. The number of benzene rings is 2. The number of anilines is 1. The zero-order valence-electron chi connectivity index (χ0n) is 15.3. The molecule has 0 unspecified atom stereocenters. The van der Waals surface area contributed by atoms with Gasteiger partial charge in [0.2, 0.25) is 0 Å². The molecule has 0 bridgehead atoms. The second-order valence-electron chi connectivity index (χ2n) is 6.74. The minimum Gasteiger partial charge on any atom is -0.484 e. The van der Waals surface area contributed by atoms with E-state index in [1.54, 1.807) is 24.3 Å². The van der Waals surface area contributed by atoms with Crippen LogP contribution in [0.4, 0.5) is 5.69 Å². The van der Waals surface area contributed by atoms with Gasteiger partial charge in [0, 0.05) is 11.3 Å². The van der Waals surface area contributed by atoms with Crippen LogP contribution in [-0.4, -0.2) is 18.3 Å². The maximum Gasteiger partial charge on any atom is 0.262 e. The topological polar surface area (TPSA) is 55.4 Å². The minimum atomic E-state index is -0.265. The second-order valence-corrected chi connectivity index (χ2v) is 6.74. The summed E-state index contributed by atoms with van der Waals surface area (Å²) in [5.74, 6) is 0.351. The molecule has 0 aliphatic heterocycles. The summed E-state index contributed by atoms with van der Waals surface area (Å²) < 4.78 is 5.54. The quantitative estimate of drug-likeness (QED) is 0.750. The van der Waals surface area contributed by atoms with Gasteiger partial charge in [-0.2, -0.15) is 0 Å². The van der Waals surface area contributed by atoms with Crippen LogP contribution in [-0.2, 0) is 10.2 Å². The van der Waals surface area contributed by atoms with E-state index in [4.69, 9.17) is 4.74 Å². The number of ketones is 1. The zero-order valence-corrected chi connectivity index (χ0v) is 15.3. The number of ether oxygens (including phenoxy) is 1. The monoisotopic (exact) mass is 339 g/mol. The number of hydrogen-bond donors (Lipinski definition) is 1. The molecule has 2 aromatic rings. The molecular formula is C21H25NO3. The molecule has 0 spiro atoms. The first-order chi connectivity index (χ1) is 11.8. The number of amides is 1. The standard InChI is InChI=1S/C21H25NO3/c1-5-21(3,4)17-9-11-19(12-10-17)25-14-20(24)22-18-8-6-7-16(13-18)15(2)23/h6-13H,5,14H2,1-4H3,(H,22,24). The SMILES string of the molecule is CCC(C)(C)c1ccc(OCC(=O)Nc2cccc(C(C)=O)c2)cc1. The van der Waals surface area contributed by atoms with E-state index >= 15 is 0 Å². The van der Waals surface area contributed by atoms with Crippen molar-refractivity contribution in [1.29, 1.82) is 0 Å². The van der Waals surface area contributed by atoms with E-state index in [2.05, 4.69) is 26.1 Å². The average Bonchev–Trinajstić information content (AvgIpc) is 2.60. The van der Waals surface area contributed by atoms with E-state index in [1.165, 1.54) is 12.5 Å². The van der Waals surface area contributed by atoms with Gasteiger partial charge in [0.1, 0.15) is 5.75 Å². The summed E-state index contributed by atoms with van der Waals surface area (Å²) in [6.07, 6.45) is 1.05. The minimum absolute atomic E-state index is 0.0394. The molecule has 2 rings (SSSR count). The van der Waals surface area contributed by atoms with Crippen molar-refractivity contribution in [2.45, 2.75) is 39.5 Å². The molecule has 4 heteroatoms. The van der Waals surface area contributed by atoms with Crippen LogP contribution < -0.4 is 10.1 Å². The third-order valence-corrected chi connectivity index (χ3v) is 4.44. The molecule has 0 fully saturated rings. The lowest BCUT2D eigenvalue weighted by Gasteiger charge is -2.23. The van der Waals surface area contributed by atoms with Crippen LogP contribution in [0.2, 0.25) is 0 Å². The molecule has 0 atom stereocenters. The average molecular weight is 339 g/mol. The molecule has 25 heavy (non-hydrogen) atoms. The van der Waals surface area contributed by atoms with Gasteiger partial charge in [-0.05, 0) is 48.6 Å². The first-order valence-electron chi connectivity index (χ1n) is 8.46. The molecule has 2 aromatic carbocycles. The number of nitrogens with one attached hydrogen (secondary N) is 1. The molecule has 0 aliphatic carbocycles. The molecule has 4 nitrogen and oxygen atoms in total. The Morgan fingerprint density at radius 1 is 1.08 bits per heavy atom. The Hall–Kier alpha value is -2.62. The summed E-state index contributed by atoms with van der Waals surface area (Å²) in [7, 11) is 0. The van der Waals surface area contributed by atoms with Gasteiger partial charge in [-0.15, -0.1) is 0 Å². The maximum absolute atomic E-state index is 12.0. The summed E-state index contributed by atoms with van der Waals surface area (Å²) in [5, 5.41) is 2.74. The normalized spacial score (nSPS) is 11.0. The number of hydrogen-bond acceptors (Lipinski definition) is 3. The van der Waals surface area contributed by atoms with Crippen molar-refractivity contribution >= 4 is 17.4 Å². The van der Waals surface area contributed by atoms with Crippen LogP contribution in [0, 0.1) is 0 Å². The zero-order chi connectivity index (χ0) is 18.4. The Labute approximate surface area is 149 Å². The fourth-order valence-corrected chi connectivity index (χ4v) is 2.37. The molecule has 0 heterocycles. The Balaban J connectivity index is 1.92. The van der Waals surface area contributed by atoms with Crippen LogP contribution in [0.1, 0.15) is 50.0 Å². The molecule has 132 valence electrons. The van der Waals surface area contributed by atoms with Gasteiger partial charge in [0.05, 0.1) is 0 Å². The number of carbonyl (C=O) groups is 2. The molecule has 0 saturated heterocycles. The predicted octanol–water partition coefficient (Wildman–Crippen LogP) is 4.59. The lowest BCUT2D eigenvalue weighted by molar-refractivity contribution is -0.118. The van der Waals surface area contributed by atoms with Crippen LogP contribution in [0.15, 0.2) is 48.5 Å². The van der Waals surface area contributed by atoms with E-state index in [1.807, 2.05) is 24.3 Å². The van der Waals surface area contributed by atoms with Gasteiger partial charge in [-0.1, -0.05) is 45.0 Å². The van der Waals surface area contributed by atoms with E-state index < -0.39 is 0 Å². The maximum atomic E-state index is 12.0. The van der Waals surface area contributed by atoms with Crippen molar-refractivity contribution in [2.75, 3.05) is 11.9 Å². The summed E-state index contributed by atoms with van der Waals surface area (Å²) in [6.45, 7) is 7.97. The van der Waals surface area contributed by atoms with Crippen LogP contribution in [0.3, 0.4) is 0 Å². The van der Waals surface area contributed by atoms with Gasteiger partial charge >= 0.3 is 0 Å². The van der Waals surface area contributed by atoms with Crippen molar-refractivity contribution < 1.29 is 14.3 Å². The van der Waals surface area contributed by atoms with Gasteiger partial charge in [-0.25, -0.2) is 0 Å². The van der Waals surface area contributed by atoms with E-state index in [9.17, 15) is 9.59 Å². The van der Waals surface area contributed by atoms with Crippen molar-refractivity contribution in [3.63, 3.8) is 0 Å². The molecule has 1 N–H and O–H groups in total.